The maximum Gasteiger partial charge on any atom is 0.416 e. The molecule has 0 aliphatic rings. The van der Waals surface area contributed by atoms with E-state index in [9.17, 15) is 18.0 Å². The van der Waals surface area contributed by atoms with Gasteiger partial charge >= 0.3 is 6.18 Å². The zero-order chi connectivity index (χ0) is 17.7. The smallest absolute Gasteiger partial charge is 0.370 e. The van der Waals surface area contributed by atoms with Gasteiger partial charge in [0.2, 0.25) is 5.91 Å². The highest BCUT2D eigenvalue weighted by molar-refractivity contribution is 5.74. The molecule has 5 nitrogen and oxygen atoms in total. The third-order valence-electron chi connectivity index (χ3n) is 3.29. The number of nitrogens with two attached hydrogens (primary N) is 1. The van der Waals surface area contributed by atoms with Crippen LogP contribution in [0.15, 0.2) is 30.5 Å². The first-order valence-electron chi connectivity index (χ1n) is 6.99. The molecule has 1 amide bonds. The van der Waals surface area contributed by atoms with Gasteiger partial charge in [-0.25, -0.2) is 9.97 Å². The number of benzene rings is 1. The molecule has 1 aromatic carbocycles. The SMILES string of the molecule is N#CCc1ccnc(-c2ccc(C(F)(F)F)cc2CCC(N)=O)n1. The predicted molar refractivity (Wildman–Crippen MR) is 79.3 cm³/mol. The number of carbonyl (C=O) groups excluding carboxylic acids is 1. The van der Waals surface area contributed by atoms with E-state index in [1.807, 2.05) is 6.07 Å². The molecular weight excluding hydrogens is 321 g/mol. The van der Waals surface area contributed by atoms with Gasteiger partial charge in [0.25, 0.3) is 0 Å². The second-order valence-corrected chi connectivity index (χ2v) is 5.04. The Morgan fingerprint density at radius 2 is 2.04 bits per heavy atom. The number of primary amides is 1. The van der Waals surface area contributed by atoms with Gasteiger partial charge in [0.1, 0.15) is 0 Å². The number of alkyl halides is 3. The Morgan fingerprint density at radius 3 is 2.67 bits per heavy atom. The van der Waals surface area contributed by atoms with Gasteiger partial charge in [0.15, 0.2) is 5.82 Å². The zero-order valence-electron chi connectivity index (χ0n) is 12.5. The number of nitriles is 1. The standard InChI is InChI=1S/C16H13F3N4O/c17-16(18,19)11-2-3-13(10(9-11)1-4-14(21)24)15-22-8-6-12(23-15)5-7-20/h2-3,6,8-9H,1,4-5H2,(H2,21,24). The van der Waals surface area contributed by atoms with Gasteiger partial charge in [-0.2, -0.15) is 18.4 Å². The van der Waals surface area contributed by atoms with Crippen molar-refractivity contribution in [2.75, 3.05) is 0 Å². The van der Waals surface area contributed by atoms with Crippen molar-refractivity contribution >= 4 is 5.91 Å². The number of aromatic nitrogens is 2. The molecule has 0 atom stereocenters. The fourth-order valence-corrected chi connectivity index (χ4v) is 2.16. The lowest BCUT2D eigenvalue weighted by Crippen LogP contribution is -2.12. The Hall–Kier alpha value is -2.95. The Kier molecular flexibility index (Phi) is 5.14. The molecule has 0 unspecified atom stereocenters. The summed E-state index contributed by atoms with van der Waals surface area (Å²) in [7, 11) is 0. The van der Waals surface area contributed by atoms with Crippen LogP contribution in [0.3, 0.4) is 0 Å². The molecule has 0 saturated heterocycles. The third-order valence-corrected chi connectivity index (χ3v) is 3.29. The van der Waals surface area contributed by atoms with Gasteiger partial charge < -0.3 is 5.73 Å². The molecule has 124 valence electrons. The topological polar surface area (TPSA) is 92.7 Å². The highest BCUT2D eigenvalue weighted by Gasteiger charge is 2.31. The van der Waals surface area contributed by atoms with E-state index < -0.39 is 17.6 Å². The number of hydrogen-bond donors (Lipinski definition) is 1. The van der Waals surface area contributed by atoms with E-state index in [0.29, 0.717) is 11.3 Å². The summed E-state index contributed by atoms with van der Waals surface area (Å²) in [6, 6.07) is 6.67. The summed E-state index contributed by atoms with van der Waals surface area (Å²) >= 11 is 0. The van der Waals surface area contributed by atoms with E-state index in [1.165, 1.54) is 12.3 Å². The van der Waals surface area contributed by atoms with Crippen LogP contribution in [0.1, 0.15) is 23.2 Å². The molecule has 2 aromatic rings. The Bertz CT molecular complexity index is 797. The maximum atomic E-state index is 12.9. The number of amides is 1. The lowest BCUT2D eigenvalue weighted by molar-refractivity contribution is -0.137. The summed E-state index contributed by atoms with van der Waals surface area (Å²) < 4.78 is 38.7. The highest BCUT2D eigenvalue weighted by atomic mass is 19.4. The quantitative estimate of drug-likeness (QED) is 0.910. The largest absolute Gasteiger partial charge is 0.416 e. The van der Waals surface area contributed by atoms with Crippen LogP contribution < -0.4 is 5.73 Å². The second kappa shape index (κ2) is 7.08. The number of halogens is 3. The number of carbonyl (C=O) groups is 1. The Balaban J connectivity index is 2.49. The molecule has 0 aliphatic heterocycles. The normalized spacial score (nSPS) is 11.1. The van der Waals surface area contributed by atoms with E-state index in [2.05, 4.69) is 9.97 Å². The predicted octanol–water partition coefficient (Wildman–Crippen LogP) is 2.65. The molecule has 0 saturated carbocycles. The Labute approximate surface area is 136 Å². The number of hydrogen-bond acceptors (Lipinski definition) is 4. The number of nitrogens with zero attached hydrogens (tertiary/aromatic N) is 3. The van der Waals surface area contributed by atoms with Crippen molar-refractivity contribution in [2.24, 2.45) is 5.73 Å². The monoisotopic (exact) mass is 334 g/mol. The molecule has 0 bridgehead atoms. The molecule has 8 heteroatoms. The number of aryl methyl sites for hydroxylation is 1. The molecule has 0 radical (unpaired) electrons. The van der Waals surface area contributed by atoms with Gasteiger partial charge in [0.05, 0.1) is 23.7 Å². The molecule has 2 N–H and O–H groups in total. The summed E-state index contributed by atoms with van der Waals surface area (Å²) in [5, 5.41) is 8.72. The van der Waals surface area contributed by atoms with Crippen molar-refractivity contribution in [2.45, 2.75) is 25.4 Å². The molecule has 1 aromatic heterocycles. The van der Waals surface area contributed by atoms with Gasteiger partial charge in [0, 0.05) is 18.2 Å². The maximum absolute atomic E-state index is 12.9. The lowest BCUT2D eigenvalue weighted by atomic mass is 9.98. The molecular formula is C16H13F3N4O. The molecule has 0 fully saturated rings. The minimum atomic E-state index is -4.50. The van der Waals surface area contributed by atoms with E-state index in [4.69, 9.17) is 11.0 Å². The fourth-order valence-electron chi connectivity index (χ4n) is 2.16. The summed E-state index contributed by atoms with van der Waals surface area (Å²) in [5.41, 5.74) is 5.38. The van der Waals surface area contributed by atoms with Crippen molar-refractivity contribution < 1.29 is 18.0 Å². The van der Waals surface area contributed by atoms with Crippen LogP contribution in [0.5, 0.6) is 0 Å². The highest BCUT2D eigenvalue weighted by Crippen LogP contribution is 2.33. The minimum Gasteiger partial charge on any atom is -0.370 e. The average molecular weight is 334 g/mol. The average Bonchev–Trinajstić information content (AvgIpc) is 2.52. The molecule has 1 heterocycles. The first kappa shape index (κ1) is 17.4. The van der Waals surface area contributed by atoms with Gasteiger partial charge in [-0.15, -0.1) is 0 Å². The van der Waals surface area contributed by atoms with Crippen LogP contribution in [0, 0.1) is 11.3 Å². The Morgan fingerprint density at radius 1 is 1.29 bits per heavy atom. The first-order valence-corrected chi connectivity index (χ1v) is 6.99. The van der Waals surface area contributed by atoms with Crippen LogP contribution in [0.2, 0.25) is 0 Å². The van der Waals surface area contributed by atoms with Crippen LogP contribution >= 0.6 is 0 Å². The minimum absolute atomic E-state index is 0.0421. The molecule has 2 rings (SSSR count). The lowest BCUT2D eigenvalue weighted by Gasteiger charge is -2.13. The van der Waals surface area contributed by atoms with E-state index >= 15 is 0 Å². The molecule has 0 spiro atoms. The second-order valence-electron chi connectivity index (χ2n) is 5.04. The zero-order valence-corrected chi connectivity index (χ0v) is 12.5. The fraction of sp³-hybridized carbons (Fsp3) is 0.250. The first-order chi connectivity index (χ1) is 11.3. The summed E-state index contributed by atoms with van der Waals surface area (Å²) in [6.07, 6.45) is -3.05. The van der Waals surface area contributed by atoms with E-state index in [-0.39, 0.29) is 30.7 Å². The van der Waals surface area contributed by atoms with Crippen LogP contribution in [0.4, 0.5) is 13.2 Å². The molecule has 24 heavy (non-hydrogen) atoms. The van der Waals surface area contributed by atoms with Crippen LogP contribution in [-0.4, -0.2) is 15.9 Å². The van der Waals surface area contributed by atoms with Gasteiger partial charge in [-0.3, -0.25) is 4.79 Å². The van der Waals surface area contributed by atoms with Crippen molar-refractivity contribution in [3.05, 3.63) is 47.3 Å². The van der Waals surface area contributed by atoms with E-state index in [0.717, 1.165) is 12.1 Å². The summed E-state index contributed by atoms with van der Waals surface area (Å²) in [4.78, 5) is 19.2. The van der Waals surface area contributed by atoms with Crippen molar-refractivity contribution in [3.8, 4) is 17.5 Å². The van der Waals surface area contributed by atoms with Crippen molar-refractivity contribution in [1.29, 1.82) is 5.26 Å². The number of rotatable bonds is 5. The van der Waals surface area contributed by atoms with Gasteiger partial charge in [-0.1, -0.05) is 6.07 Å². The summed E-state index contributed by atoms with van der Waals surface area (Å²) in [6.45, 7) is 0. The summed E-state index contributed by atoms with van der Waals surface area (Å²) in [5.74, 6) is -0.409. The van der Waals surface area contributed by atoms with E-state index in [1.54, 1.807) is 6.07 Å². The van der Waals surface area contributed by atoms with Crippen LogP contribution in [-0.2, 0) is 23.8 Å². The third kappa shape index (κ3) is 4.29. The van der Waals surface area contributed by atoms with Crippen molar-refractivity contribution in [3.63, 3.8) is 0 Å². The van der Waals surface area contributed by atoms with Gasteiger partial charge in [-0.05, 0) is 30.2 Å². The van der Waals surface area contributed by atoms with Crippen molar-refractivity contribution in [1.82, 2.24) is 9.97 Å². The molecule has 0 aliphatic carbocycles. The van der Waals surface area contributed by atoms with Crippen LogP contribution in [0.25, 0.3) is 11.4 Å².